The molecule has 0 saturated carbocycles. The Morgan fingerprint density at radius 2 is 2.04 bits per heavy atom. The van der Waals surface area contributed by atoms with Crippen LogP contribution in [0.3, 0.4) is 0 Å². The zero-order chi connectivity index (χ0) is 18.7. The molecule has 0 spiro atoms. The van der Waals surface area contributed by atoms with Gasteiger partial charge in [0.25, 0.3) is 10.2 Å². The molecule has 0 bridgehead atoms. The molecule has 0 aromatic carbocycles. The van der Waals surface area contributed by atoms with Gasteiger partial charge in [-0.15, -0.1) is 0 Å². The van der Waals surface area contributed by atoms with Gasteiger partial charge < -0.3 is 0 Å². The summed E-state index contributed by atoms with van der Waals surface area (Å²) in [5, 5.41) is 4.32. The van der Waals surface area contributed by atoms with Crippen LogP contribution in [0.5, 0.6) is 0 Å². The highest BCUT2D eigenvalue weighted by Crippen LogP contribution is 2.26. The summed E-state index contributed by atoms with van der Waals surface area (Å²) in [6.07, 6.45) is 9.72. The minimum atomic E-state index is -3.37. The van der Waals surface area contributed by atoms with E-state index in [-0.39, 0.29) is 5.92 Å². The van der Waals surface area contributed by atoms with Crippen molar-refractivity contribution in [1.29, 1.82) is 0 Å². The number of hydrogen-bond donors (Lipinski definition) is 0. The van der Waals surface area contributed by atoms with Crippen LogP contribution in [0.4, 0.5) is 0 Å². The van der Waals surface area contributed by atoms with Crippen LogP contribution in [0.15, 0.2) is 24.8 Å². The number of nitrogens with zero attached hydrogens (tertiary/aromatic N) is 6. The molecule has 0 N–H and O–H groups in total. The molecule has 9 heteroatoms. The van der Waals surface area contributed by atoms with Crippen LogP contribution in [-0.2, 0) is 23.2 Å². The second kappa shape index (κ2) is 7.81. The zero-order valence-electron chi connectivity index (χ0n) is 15.5. The molecule has 0 amide bonds. The lowest BCUT2D eigenvalue weighted by molar-refractivity contribution is 0.253. The summed E-state index contributed by atoms with van der Waals surface area (Å²) in [5.74, 6) is 0.232. The first-order valence-electron chi connectivity index (χ1n) is 8.92. The number of aryl methyl sites for hydroxylation is 1. The SMILES string of the molecule is CCn1cc(-c2nccnc2C[C@@H]2CCCN(S(=O)(=O)N(C)C)C2)cn1. The minimum absolute atomic E-state index is 0.232. The summed E-state index contributed by atoms with van der Waals surface area (Å²) in [5.41, 5.74) is 2.68. The van der Waals surface area contributed by atoms with Gasteiger partial charge in [0.2, 0.25) is 0 Å². The summed E-state index contributed by atoms with van der Waals surface area (Å²) in [6, 6.07) is 0. The zero-order valence-corrected chi connectivity index (χ0v) is 16.4. The third-order valence-corrected chi connectivity index (χ3v) is 6.66. The highest BCUT2D eigenvalue weighted by molar-refractivity contribution is 7.86. The van der Waals surface area contributed by atoms with E-state index in [4.69, 9.17) is 0 Å². The molecule has 2 aromatic heterocycles. The van der Waals surface area contributed by atoms with Crippen molar-refractivity contribution in [2.75, 3.05) is 27.2 Å². The monoisotopic (exact) mass is 378 g/mol. The summed E-state index contributed by atoms with van der Waals surface area (Å²) in [7, 11) is -0.221. The average Bonchev–Trinajstić information content (AvgIpc) is 3.11. The Kier molecular flexibility index (Phi) is 5.69. The molecule has 3 rings (SSSR count). The van der Waals surface area contributed by atoms with Gasteiger partial charge in [-0.25, -0.2) is 0 Å². The van der Waals surface area contributed by atoms with Crippen LogP contribution in [0.1, 0.15) is 25.5 Å². The molecule has 0 unspecified atom stereocenters. The van der Waals surface area contributed by atoms with Crippen molar-refractivity contribution in [1.82, 2.24) is 28.4 Å². The van der Waals surface area contributed by atoms with Gasteiger partial charge in [0.1, 0.15) is 0 Å². The number of hydrogen-bond acceptors (Lipinski definition) is 5. The Labute approximate surface area is 155 Å². The highest BCUT2D eigenvalue weighted by atomic mass is 32.2. The van der Waals surface area contributed by atoms with E-state index < -0.39 is 10.2 Å². The Bertz CT molecular complexity index is 848. The van der Waals surface area contributed by atoms with Crippen molar-refractivity contribution in [2.45, 2.75) is 32.7 Å². The first-order chi connectivity index (χ1) is 12.4. The molecule has 8 nitrogen and oxygen atoms in total. The Balaban J connectivity index is 1.79. The fourth-order valence-corrected chi connectivity index (χ4v) is 4.54. The van der Waals surface area contributed by atoms with Gasteiger partial charge >= 0.3 is 0 Å². The molecule has 1 fully saturated rings. The van der Waals surface area contributed by atoms with E-state index in [1.54, 1.807) is 37.0 Å². The standard InChI is InChI=1S/C17H26N6O2S/c1-4-22-13-15(11-20-22)17-16(18-7-8-19-17)10-14-6-5-9-23(12-14)26(24,25)21(2)3/h7-8,11,13-14H,4-6,9-10,12H2,1-3H3/t14-/m0/s1. The molecule has 1 aliphatic heterocycles. The van der Waals surface area contributed by atoms with Crippen LogP contribution in [0, 0.1) is 5.92 Å². The van der Waals surface area contributed by atoms with E-state index in [0.717, 1.165) is 36.3 Å². The fourth-order valence-electron chi connectivity index (χ4n) is 3.32. The van der Waals surface area contributed by atoms with Gasteiger partial charge in [0.05, 0.1) is 17.6 Å². The number of rotatable bonds is 6. The lowest BCUT2D eigenvalue weighted by atomic mass is 9.93. The van der Waals surface area contributed by atoms with Crippen molar-refractivity contribution < 1.29 is 8.42 Å². The topological polar surface area (TPSA) is 84.2 Å². The maximum atomic E-state index is 12.4. The van der Waals surface area contributed by atoms with Gasteiger partial charge in [0, 0.05) is 57.9 Å². The van der Waals surface area contributed by atoms with E-state index in [9.17, 15) is 8.42 Å². The normalized spacial score (nSPS) is 19.2. The Morgan fingerprint density at radius 1 is 1.27 bits per heavy atom. The molecule has 1 atom stereocenters. The molecule has 1 aliphatic rings. The van der Waals surface area contributed by atoms with Gasteiger partial charge in [0.15, 0.2) is 0 Å². The van der Waals surface area contributed by atoms with Crippen molar-refractivity contribution in [2.24, 2.45) is 5.92 Å². The van der Waals surface area contributed by atoms with E-state index in [1.165, 1.54) is 4.31 Å². The largest absolute Gasteiger partial charge is 0.281 e. The molecule has 1 saturated heterocycles. The summed E-state index contributed by atoms with van der Waals surface area (Å²) >= 11 is 0. The predicted octanol–water partition coefficient (Wildman–Crippen LogP) is 1.42. The van der Waals surface area contributed by atoms with Gasteiger partial charge in [-0.2, -0.15) is 22.1 Å². The lowest BCUT2D eigenvalue weighted by Gasteiger charge is -2.33. The van der Waals surface area contributed by atoms with Crippen LogP contribution >= 0.6 is 0 Å². The van der Waals surface area contributed by atoms with Crippen molar-refractivity contribution in [3.8, 4) is 11.3 Å². The molecule has 142 valence electrons. The van der Waals surface area contributed by atoms with Crippen molar-refractivity contribution in [3.05, 3.63) is 30.5 Å². The van der Waals surface area contributed by atoms with E-state index in [2.05, 4.69) is 15.1 Å². The second-order valence-electron chi connectivity index (χ2n) is 6.80. The maximum absolute atomic E-state index is 12.4. The maximum Gasteiger partial charge on any atom is 0.281 e. The lowest BCUT2D eigenvalue weighted by Crippen LogP contribution is -2.45. The highest BCUT2D eigenvalue weighted by Gasteiger charge is 2.31. The molecular weight excluding hydrogens is 352 g/mol. The molecule has 3 heterocycles. The van der Waals surface area contributed by atoms with E-state index in [1.807, 2.05) is 17.8 Å². The number of aromatic nitrogens is 4. The summed E-state index contributed by atoms with van der Waals surface area (Å²) in [4.78, 5) is 9.03. The average molecular weight is 379 g/mol. The Hall–Kier alpha value is -1.84. The first-order valence-corrected chi connectivity index (χ1v) is 10.3. The molecular formula is C17H26N6O2S. The number of piperidine rings is 1. The van der Waals surface area contributed by atoms with Crippen LogP contribution in [0.2, 0.25) is 0 Å². The van der Waals surface area contributed by atoms with Gasteiger partial charge in [-0.05, 0) is 32.1 Å². The third-order valence-electron chi connectivity index (χ3n) is 4.76. The van der Waals surface area contributed by atoms with Gasteiger partial charge in [-0.3, -0.25) is 14.6 Å². The van der Waals surface area contributed by atoms with Crippen LogP contribution in [0.25, 0.3) is 11.3 Å². The van der Waals surface area contributed by atoms with Gasteiger partial charge in [-0.1, -0.05) is 0 Å². The molecule has 2 aromatic rings. The van der Waals surface area contributed by atoms with Crippen LogP contribution < -0.4 is 0 Å². The predicted molar refractivity (Wildman–Crippen MR) is 99.5 cm³/mol. The first kappa shape index (κ1) is 18.9. The van der Waals surface area contributed by atoms with Crippen LogP contribution in [-0.4, -0.2) is 64.0 Å². The van der Waals surface area contributed by atoms with Crippen molar-refractivity contribution in [3.63, 3.8) is 0 Å². The second-order valence-corrected chi connectivity index (χ2v) is 8.94. The smallest absolute Gasteiger partial charge is 0.272 e. The van der Waals surface area contributed by atoms with E-state index in [0.29, 0.717) is 19.5 Å². The quantitative estimate of drug-likeness (QED) is 0.759. The Morgan fingerprint density at radius 3 is 2.73 bits per heavy atom. The fraction of sp³-hybridized carbons (Fsp3) is 0.588. The third kappa shape index (κ3) is 3.94. The molecule has 26 heavy (non-hydrogen) atoms. The molecule has 0 aliphatic carbocycles. The molecule has 0 radical (unpaired) electrons. The summed E-state index contributed by atoms with van der Waals surface area (Å²) < 4.78 is 29.6. The van der Waals surface area contributed by atoms with E-state index >= 15 is 0 Å². The minimum Gasteiger partial charge on any atom is -0.272 e. The van der Waals surface area contributed by atoms with Crippen molar-refractivity contribution >= 4 is 10.2 Å². The summed E-state index contributed by atoms with van der Waals surface area (Å²) in [6.45, 7) is 3.93.